The highest BCUT2D eigenvalue weighted by Crippen LogP contribution is 2.28. The standard InChI is InChI=1S/C20H19ClN4OS/c1-14-7-8-16(21)13-17(14)24-9-11-25(12-10-24)20(26)19-18(22-23-27-19)15-5-3-2-4-6-15/h2-8,13H,9-12H2,1H3. The normalized spacial score (nSPS) is 14.4. The minimum Gasteiger partial charge on any atom is -0.368 e. The molecule has 0 N–H and O–H groups in total. The van der Waals surface area contributed by atoms with Crippen LogP contribution in [0.2, 0.25) is 5.02 Å². The quantitative estimate of drug-likeness (QED) is 0.665. The molecule has 7 heteroatoms. The van der Waals surface area contributed by atoms with Gasteiger partial charge in [0.2, 0.25) is 0 Å². The van der Waals surface area contributed by atoms with Crippen LogP contribution < -0.4 is 4.90 Å². The van der Waals surface area contributed by atoms with Crippen LogP contribution in [0.15, 0.2) is 48.5 Å². The van der Waals surface area contributed by atoms with E-state index in [1.165, 1.54) is 5.56 Å². The number of hydrogen-bond acceptors (Lipinski definition) is 5. The maximum Gasteiger partial charge on any atom is 0.268 e. The highest BCUT2D eigenvalue weighted by atomic mass is 35.5. The molecule has 4 rings (SSSR count). The van der Waals surface area contributed by atoms with Gasteiger partial charge >= 0.3 is 0 Å². The summed E-state index contributed by atoms with van der Waals surface area (Å²) < 4.78 is 4.02. The minimum atomic E-state index is 0.00585. The summed E-state index contributed by atoms with van der Waals surface area (Å²) in [5, 5.41) is 4.92. The molecule has 1 amide bonds. The molecule has 1 aliphatic rings. The second kappa shape index (κ2) is 7.66. The van der Waals surface area contributed by atoms with Crippen LogP contribution in [0.25, 0.3) is 11.3 Å². The predicted molar refractivity (Wildman–Crippen MR) is 110 cm³/mol. The van der Waals surface area contributed by atoms with Gasteiger partial charge in [0.1, 0.15) is 10.6 Å². The Balaban J connectivity index is 1.49. The van der Waals surface area contributed by atoms with Gasteiger partial charge in [-0.1, -0.05) is 52.5 Å². The van der Waals surface area contributed by atoms with Gasteiger partial charge in [-0.25, -0.2) is 0 Å². The van der Waals surface area contributed by atoms with Crippen molar-refractivity contribution in [2.24, 2.45) is 0 Å². The van der Waals surface area contributed by atoms with E-state index >= 15 is 0 Å². The van der Waals surface area contributed by atoms with E-state index in [4.69, 9.17) is 11.6 Å². The zero-order valence-corrected chi connectivity index (χ0v) is 16.5. The Labute approximate surface area is 167 Å². The van der Waals surface area contributed by atoms with Gasteiger partial charge in [0.15, 0.2) is 0 Å². The van der Waals surface area contributed by atoms with E-state index in [1.54, 1.807) is 0 Å². The Hall–Kier alpha value is -2.44. The monoisotopic (exact) mass is 398 g/mol. The molecule has 0 radical (unpaired) electrons. The maximum absolute atomic E-state index is 13.0. The van der Waals surface area contributed by atoms with E-state index in [2.05, 4.69) is 21.4 Å². The number of rotatable bonds is 3. The first-order valence-corrected chi connectivity index (χ1v) is 9.97. The van der Waals surface area contributed by atoms with Crippen molar-refractivity contribution >= 4 is 34.7 Å². The third-order valence-corrected chi connectivity index (χ3v) is 5.76. The van der Waals surface area contributed by atoms with E-state index in [0.717, 1.165) is 40.9 Å². The van der Waals surface area contributed by atoms with Crippen molar-refractivity contribution in [2.45, 2.75) is 6.92 Å². The summed E-state index contributed by atoms with van der Waals surface area (Å²) in [5.41, 5.74) is 3.91. The first-order chi connectivity index (χ1) is 13.1. The molecule has 27 heavy (non-hydrogen) atoms. The zero-order valence-electron chi connectivity index (χ0n) is 14.9. The van der Waals surface area contributed by atoms with Crippen LogP contribution in [-0.4, -0.2) is 46.6 Å². The lowest BCUT2D eigenvalue weighted by molar-refractivity contribution is 0.0752. The van der Waals surface area contributed by atoms with Crippen LogP contribution in [0.4, 0.5) is 5.69 Å². The van der Waals surface area contributed by atoms with Crippen molar-refractivity contribution in [1.82, 2.24) is 14.5 Å². The summed E-state index contributed by atoms with van der Waals surface area (Å²) in [6, 6.07) is 15.7. The smallest absolute Gasteiger partial charge is 0.268 e. The van der Waals surface area contributed by atoms with Gasteiger partial charge in [-0.3, -0.25) is 4.79 Å². The van der Waals surface area contributed by atoms with Crippen LogP contribution in [0.5, 0.6) is 0 Å². The van der Waals surface area contributed by atoms with Crippen molar-refractivity contribution in [2.75, 3.05) is 31.1 Å². The molecule has 138 valence electrons. The van der Waals surface area contributed by atoms with Gasteiger partial charge in [0, 0.05) is 42.5 Å². The molecule has 0 aliphatic carbocycles. The lowest BCUT2D eigenvalue weighted by Crippen LogP contribution is -2.49. The van der Waals surface area contributed by atoms with Crippen molar-refractivity contribution in [3.05, 3.63) is 64.0 Å². The summed E-state index contributed by atoms with van der Waals surface area (Å²) >= 11 is 7.32. The summed E-state index contributed by atoms with van der Waals surface area (Å²) in [7, 11) is 0. The molecule has 2 aromatic carbocycles. The fourth-order valence-corrected chi connectivity index (χ4v) is 4.16. The third-order valence-electron chi connectivity index (χ3n) is 4.81. The first kappa shape index (κ1) is 17.9. The molecule has 1 aliphatic heterocycles. The number of benzene rings is 2. The number of aryl methyl sites for hydroxylation is 1. The Morgan fingerprint density at radius 2 is 1.81 bits per heavy atom. The van der Waals surface area contributed by atoms with Gasteiger partial charge in [-0.15, -0.1) is 5.10 Å². The number of aromatic nitrogens is 2. The number of piperazine rings is 1. The number of amides is 1. The Bertz CT molecular complexity index is 952. The largest absolute Gasteiger partial charge is 0.368 e. The molecule has 1 saturated heterocycles. The Morgan fingerprint density at radius 1 is 1.07 bits per heavy atom. The summed E-state index contributed by atoms with van der Waals surface area (Å²) in [6.45, 7) is 4.96. The summed E-state index contributed by atoms with van der Waals surface area (Å²) in [5.74, 6) is 0.00585. The van der Waals surface area contributed by atoms with Crippen molar-refractivity contribution in [3.63, 3.8) is 0 Å². The fourth-order valence-electron chi connectivity index (χ4n) is 3.33. The number of carbonyl (C=O) groups is 1. The van der Waals surface area contributed by atoms with Crippen LogP contribution in [-0.2, 0) is 0 Å². The molecule has 0 atom stereocenters. The van der Waals surface area contributed by atoms with Gasteiger partial charge in [-0.2, -0.15) is 0 Å². The minimum absolute atomic E-state index is 0.00585. The molecule has 0 unspecified atom stereocenters. The first-order valence-electron chi connectivity index (χ1n) is 8.81. The molecular formula is C20H19ClN4OS. The Kier molecular flexibility index (Phi) is 5.09. The molecule has 1 fully saturated rings. The second-order valence-electron chi connectivity index (χ2n) is 6.53. The van der Waals surface area contributed by atoms with E-state index in [1.807, 2.05) is 53.4 Å². The fraction of sp³-hybridized carbons (Fsp3) is 0.250. The number of anilines is 1. The van der Waals surface area contributed by atoms with Crippen LogP contribution in [0, 0.1) is 6.92 Å². The molecule has 1 aromatic heterocycles. The molecule has 3 aromatic rings. The van der Waals surface area contributed by atoms with E-state index in [-0.39, 0.29) is 5.91 Å². The SMILES string of the molecule is Cc1ccc(Cl)cc1N1CCN(C(=O)c2snnc2-c2ccccc2)CC1. The Morgan fingerprint density at radius 3 is 2.56 bits per heavy atom. The van der Waals surface area contributed by atoms with Gasteiger partial charge in [-0.05, 0) is 36.2 Å². The number of carbonyl (C=O) groups excluding carboxylic acids is 1. The lowest BCUT2D eigenvalue weighted by atomic mass is 10.1. The maximum atomic E-state index is 13.0. The zero-order chi connectivity index (χ0) is 18.8. The van der Waals surface area contributed by atoms with Crippen molar-refractivity contribution < 1.29 is 4.79 Å². The highest BCUT2D eigenvalue weighted by Gasteiger charge is 2.27. The van der Waals surface area contributed by atoms with Crippen molar-refractivity contribution in [1.29, 1.82) is 0 Å². The molecular weight excluding hydrogens is 380 g/mol. The molecule has 0 bridgehead atoms. The van der Waals surface area contributed by atoms with Crippen LogP contribution in [0.3, 0.4) is 0 Å². The van der Waals surface area contributed by atoms with Gasteiger partial charge in [0.05, 0.1) is 0 Å². The van der Waals surface area contributed by atoms with Gasteiger partial charge in [0.25, 0.3) is 5.91 Å². The van der Waals surface area contributed by atoms with Gasteiger partial charge < -0.3 is 9.80 Å². The number of nitrogens with zero attached hydrogens (tertiary/aromatic N) is 4. The highest BCUT2D eigenvalue weighted by molar-refractivity contribution is 7.08. The van der Waals surface area contributed by atoms with E-state index < -0.39 is 0 Å². The van der Waals surface area contributed by atoms with E-state index in [9.17, 15) is 4.79 Å². The van der Waals surface area contributed by atoms with E-state index in [0.29, 0.717) is 23.7 Å². The summed E-state index contributed by atoms with van der Waals surface area (Å²) in [4.78, 5) is 17.8. The third kappa shape index (κ3) is 3.68. The molecule has 0 saturated carbocycles. The topological polar surface area (TPSA) is 49.3 Å². The number of halogens is 1. The lowest BCUT2D eigenvalue weighted by Gasteiger charge is -2.36. The van der Waals surface area contributed by atoms with Crippen LogP contribution in [0.1, 0.15) is 15.2 Å². The average molecular weight is 399 g/mol. The second-order valence-corrected chi connectivity index (χ2v) is 7.72. The molecule has 2 heterocycles. The van der Waals surface area contributed by atoms with Crippen molar-refractivity contribution in [3.8, 4) is 11.3 Å². The molecule has 5 nitrogen and oxygen atoms in total. The predicted octanol–water partition coefficient (Wildman–Crippen LogP) is 4.13. The number of hydrogen-bond donors (Lipinski definition) is 0. The summed E-state index contributed by atoms with van der Waals surface area (Å²) in [6.07, 6.45) is 0. The average Bonchev–Trinajstić information content (AvgIpc) is 3.20. The van der Waals surface area contributed by atoms with Crippen LogP contribution >= 0.6 is 23.1 Å². The molecule has 0 spiro atoms.